The number of rotatable bonds is 6. The molecule has 0 atom stereocenters. The Balaban J connectivity index is 0. The first-order chi connectivity index (χ1) is 6.95. The van der Waals surface area contributed by atoms with Crippen LogP contribution in [0.1, 0.15) is 27.2 Å². The van der Waals surface area contributed by atoms with Crippen LogP contribution in [0, 0.1) is 0 Å². The normalized spacial score (nSPS) is 10.5. The molecular formula is C10H23ClN2O3. The molecule has 16 heavy (non-hydrogen) atoms. The van der Waals surface area contributed by atoms with Crippen molar-refractivity contribution in [3.63, 3.8) is 0 Å². The SMILES string of the molecule is CC(C)(C)OC(=O)NCCOCCCN.Cl. The molecule has 0 heterocycles. The van der Waals surface area contributed by atoms with E-state index in [1.165, 1.54) is 0 Å². The summed E-state index contributed by atoms with van der Waals surface area (Å²) in [6, 6.07) is 0. The zero-order valence-electron chi connectivity index (χ0n) is 10.2. The fourth-order valence-electron chi connectivity index (χ4n) is 0.827. The molecule has 0 spiro atoms. The molecule has 0 aromatic rings. The van der Waals surface area contributed by atoms with Gasteiger partial charge in [0.05, 0.1) is 6.61 Å². The fraction of sp³-hybridized carbons (Fsp3) is 0.900. The van der Waals surface area contributed by atoms with E-state index in [2.05, 4.69) is 5.32 Å². The van der Waals surface area contributed by atoms with E-state index in [1.54, 1.807) is 0 Å². The van der Waals surface area contributed by atoms with E-state index in [4.69, 9.17) is 15.2 Å². The molecule has 1 amide bonds. The minimum atomic E-state index is -0.454. The summed E-state index contributed by atoms with van der Waals surface area (Å²) in [5, 5.41) is 2.60. The quantitative estimate of drug-likeness (QED) is 0.701. The van der Waals surface area contributed by atoms with Gasteiger partial charge in [-0.25, -0.2) is 4.79 Å². The summed E-state index contributed by atoms with van der Waals surface area (Å²) in [5.41, 5.74) is 4.84. The Morgan fingerprint density at radius 1 is 1.31 bits per heavy atom. The summed E-state index contributed by atoms with van der Waals surface area (Å²) >= 11 is 0. The van der Waals surface area contributed by atoms with Crippen LogP contribution in [0.25, 0.3) is 0 Å². The van der Waals surface area contributed by atoms with Crippen LogP contribution in [0.5, 0.6) is 0 Å². The molecule has 6 heteroatoms. The molecule has 5 nitrogen and oxygen atoms in total. The molecule has 3 N–H and O–H groups in total. The van der Waals surface area contributed by atoms with Crippen LogP contribution in [0.15, 0.2) is 0 Å². The minimum absolute atomic E-state index is 0. The average Bonchev–Trinajstić information content (AvgIpc) is 2.08. The van der Waals surface area contributed by atoms with Crippen LogP contribution in [0.4, 0.5) is 4.79 Å². The van der Waals surface area contributed by atoms with E-state index in [9.17, 15) is 4.79 Å². The Morgan fingerprint density at radius 2 is 1.94 bits per heavy atom. The van der Waals surface area contributed by atoms with Crippen LogP contribution in [-0.2, 0) is 9.47 Å². The second kappa shape index (κ2) is 9.69. The number of hydrogen-bond acceptors (Lipinski definition) is 4. The first kappa shape index (κ1) is 17.9. The van der Waals surface area contributed by atoms with Crippen LogP contribution in [0.2, 0.25) is 0 Å². The molecule has 0 saturated heterocycles. The number of carbonyl (C=O) groups excluding carboxylic acids is 1. The second-order valence-electron chi connectivity index (χ2n) is 4.18. The van der Waals surface area contributed by atoms with Gasteiger partial charge in [-0.05, 0) is 33.7 Å². The summed E-state index contributed by atoms with van der Waals surface area (Å²) < 4.78 is 10.2. The van der Waals surface area contributed by atoms with Gasteiger partial charge in [0.15, 0.2) is 0 Å². The van der Waals surface area contributed by atoms with E-state index in [0.717, 1.165) is 6.42 Å². The van der Waals surface area contributed by atoms with Gasteiger partial charge < -0.3 is 20.5 Å². The highest BCUT2D eigenvalue weighted by Crippen LogP contribution is 2.05. The monoisotopic (exact) mass is 254 g/mol. The fourth-order valence-corrected chi connectivity index (χ4v) is 0.827. The molecule has 0 rings (SSSR count). The second-order valence-corrected chi connectivity index (χ2v) is 4.18. The molecule has 0 unspecified atom stereocenters. The van der Waals surface area contributed by atoms with Gasteiger partial charge in [0.25, 0.3) is 0 Å². The lowest BCUT2D eigenvalue weighted by Gasteiger charge is -2.19. The van der Waals surface area contributed by atoms with E-state index in [-0.39, 0.29) is 12.4 Å². The van der Waals surface area contributed by atoms with Crippen molar-refractivity contribution in [3.8, 4) is 0 Å². The van der Waals surface area contributed by atoms with Gasteiger partial charge in [-0.2, -0.15) is 0 Å². The van der Waals surface area contributed by atoms with Gasteiger partial charge in [0.1, 0.15) is 5.60 Å². The van der Waals surface area contributed by atoms with Gasteiger partial charge in [0, 0.05) is 13.2 Å². The van der Waals surface area contributed by atoms with E-state index >= 15 is 0 Å². The molecule has 0 saturated carbocycles. The molecular weight excluding hydrogens is 232 g/mol. The van der Waals surface area contributed by atoms with E-state index in [0.29, 0.717) is 26.3 Å². The highest BCUT2D eigenvalue weighted by atomic mass is 35.5. The Bertz CT molecular complexity index is 183. The van der Waals surface area contributed by atoms with E-state index in [1.807, 2.05) is 20.8 Å². The van der Waals surface area contributed by atoms with Crippen molar-refractivity contribution >= 4 is 18.5 Å². The average molecular weight is 255 g/mol. The highest BCUT2D eigenvalue weighted by Gasteiger charge is 2.15. The van der Waals surface area contributed by atoms with Crippen molar-refractivity contribution < 1.29 is 14.3 Å². The van der Waals surface area contributed by atoms with Crippen LogP contribution in [-0.4, -0.2) is 38.0 Å². The van der Waals surface area contributed by atoms with Crippen molar-refractivity contribution in [1.29, 1.82) is 0 Å². The third kappa shape index (κ3) is 13.5. The molecule has 0 aromatic heterocycles. The number of amides is 1. The van der Waals surface area contributed by atoms with Gasteiger partial charge in [0.2, 0.25) is 0 Å². The highest BCUT2D eigenvalue weighted by molar-refractivity contribution is 5.85. The van der Waals surface area contributed by atoms with Crippen LogP contribution in [0.3, 0.4) is 0 Å². The lowest BCUT2D eigenvalue weighted by Crippen LogP contribution is -2.34. The summed E-state index contributed by atoms with van der Waals surface area (Å²) in [4.78, 5) is 11.1. The summed E-state index contributed by atoms with van der Waals surface area (Å²) in [6.45, 7) is 7.67. The van der Waals surface area contributed by atoms with Gasteiger partial charge in [-0.3, -0.25) is 0 Å². The topological polar surface area (TPSA) is 73.6 Å². The smallest absolute Gasteiger partial charge is 0.407 e. The van der Waals surface area contributed by atoms with Crippen molar-refractivity contribution in [2.75, 3.05) is 26.3 Å². The molecule has 0 aliphatic rings. The molecule has 0 aliphatic carbocycles. The zero-order chi connectivity index (χ0) is 11.7. The van der Waals surface area contributed by atoms with Crippen LogP contribution < -0.4 is 11.1 Å². The molecule has 0 aromatic carbocycles. The predicted molar refractivity (Wildman–Crippen MR) is 66.0 cm³/mol. The maximum atomic E-state index is 11.1. The number of nitrogens with two attached hydrogens (primary N) is 1. The van der Waals surface area contributed by atoms with Crippen LogP contribution >= 0.6 is 12.4 Å². The number of alkyl carbamates (subject to hydrolysis) is 1. The summed E-state index contributed by atoms with van der Waals surface area (Å²) in [7, 11) is 0. The largest absolute Gasteiger partial charge is 0.444 e. The molecule has 0 fully saturated rings. The van der Waals surface area contributed by atoms with Crippen molar-refractivity contribution in [1.82, 2.24) is 5.32 Å². The molecule has 0 radical (unpaired) electrons. The molecule has 0 bridgehead atoms. The Labute approximate surface area is 103 Å². The first-order valence-corrected chi connectivity index (χ1v) is 5.20. The predicted octanol–water partition coefficient (Wildman–Crippen LogP) is 1.30. The van der Waals surface area contributed by atoms with Gasteiger partial charge in [-0.15, -0.1) is 12.4 Å². The number of ether oxygens (including phenoxy) is 2. The van der Waals surface area contributed by atoms with Gasteiger partial charge >= 0.3 is 6.09 Å². The maximum Gasteiger partial charge on any atom is 0.407 e. The Kier molecular flexibility index (Phi) is 10.8. The number of nitrogens with one attached hydrogen (secondary N) is 1. The summed E-state index contributed by atoms with van der Waals surface area (Å²) in [5.74, 6) is 0. The lowest BCUT2D eigenvalue weighted by atomic mass is 10.2. The minimum Gasteiger partial charge on any atom is -0.444 e. The van der Waals surface area contributed by atoms with Crippen molar-refractivity contribution in [3.05, 3.63) is 0 Å². The Hall–Kier alpha value is -0.520. The van der Waals surface area contributed by atoms with Crippen molar-refractivity contribution in [2.24, 2.45) is 5.73 Å². The maximum absolute atomic E-state index is 11.1. The van der Waals surface area contributed by atoms with Crippen molar-refractivity contribution in [2.45, 2.75) is 32.8 Å². The van der Waals surface area contributed by atoms with E-state index < -0.39 is 11.7 Å². The third-order valence-electron chi connectivity index (χ3n) is 1.41. The third-order valence-corrected chi connectivity index (χ3v) is 1.41. The number of hydrogen-bond donors (Lipinski definition) is 2. The zero-order valence-corrected chi connectivity index (χ0v) is 11.1. The number of carbonyl (C=O) groups is 1. The molecule has 0 aliphatic heterocycles. The Morgan fingerprint density at radius 3 is 2.44 bits per heavy atom. The van der Waals surface area contributed by atoms with Gasteiger partial charge in [-0.1, -0.05) is 0 Å². The lowest BCUT2D eigenvalue weighted by molar-refractivity contribution is 0.0499. The standard InChI is InChI=1S/C10H22N2O3.ClH/c1-10(2,3)15-9(13)12-6-8-14-7-4-5-11;/h4-8,11H2,1-3H3,(H,12,13);1H. The first-order valence-electron chi connectivity index (χ1n) is 5.20. The summed E-state index contributed by atoms with van der Waals surface area (Å²) in [6.07, 6.45) is 0.428. The molecule has 98 valence electrons. The number of halogens is 1.